The number of aryl methyl sites for hydroxylation is 2. The second-order valence-electron chi connectivity index (χ2n) is 10.1. The highest BCUT2D eigenvalue weighted by atomic mass is 32.2. The average molecular weight is 601 g/mol. The van der Waals surface area contributed by atoms with E-state index in [9.17, 15) is 53.4 Å². The van der Waals surface area contributed by atoms with Gasteiger partial charge in [0.15, 0.2) is 0 Å². The van der Waals surface area contributed by atoms with Crippen molar-refractivity contribution in [2.45, 2.75) is 79.9 Å². The van der Waals surface area contributed by atoms with E-state index in [1.807, 2.05) is 0 Å². The molecule has 1 amide bonds. The fourth-order valence-corrected chi connectivity index (χ4v) is 6.66. The normalized spacial score (nSPS) is 20.1. The Kier molecular flexibility index (Phi) is 7.40. The van der Waals surface area contributed by atoms with Crippen molar-refractivity contribution in [2.75, 3.05) is 4.31 Å². The van der Waals surface area contributed by atoms with E-state index in [2.05, 4.69) is 5.32 Å². The Morgan fingerprint density at radius 3 is 2.12 bits per heavy atom. The minimum Gasteiger partial charge on any atom is -0.369 e. The predicted octanol–water partition coefficient (Wildman–Crippen LogP) is 5.12. The molecule has 2 aromatic carbocycles. The first-order valence-corrected chi connectivity index (χ1v) is 13.5. The number of carbonyl (C=O) groups is 1. The summed E-state index contributed by atoms with van der Waals surface area (Å²) in [6, 6.07) is 5.06. The summed E-state index contributed by atoms with van der Waals surface area (Å²) in [6.07, 6.45) is -14.4. The van der Waals surface area contributed by atoms with Crippen LogP contribution in [0.2, 0.25) is 0 Å². The Balaban J connectivity index is 1.75. The lowest BCUT2D eigenvalue weighted by atomic mass is 9.87. The molecule has 4 rings (SSSR count). The number of amides is 1. The number of nitrogens with zero attached hydrogens (tertiary/aromatic N) is 1. The minimum atomic E-state index is -6.14. The van der Waals surface area contributed by atoms with Gasteiger partial charge in [-0.1, -0.05) is 29.8 Å². The number of hydrogen-bond donors (Lipinski definition) is 2. The number of hydrogen-bond acceptors (Lipinski definition) is 4. The molecule has 1 saturated carbocycles. The Hall–Kier alpha value is -2.94. The van der Waals surface area contributed by atoms with Crippen LogP contribution < -0.4 is 9.62 Å². The molecule has 220 valence electrons. The molecule has 0 bridgehead atoms. The van der Waals surface area contributed by atoms with E-state index in [-0.39, 0.29) is 29.0 Å². The molecule has 1 aliphatic heterocycles. The highest BCUT2D eigenvalue weighted by Crippen LogP contribution is 2.51. The van der Waals surface area contributed by atoms with Crippen molar-refractivity contribution in [2.24, 2.45) is 0 Å². The van der Waals surface area contributed by atoms with Crippen molar-refractivity contribution in [3.05, 3.63) is 59.2 Å². The van der Waals surface area contributed by atoms with Crippen molar-refractivity contribution in [1.82, 2.24) is 5.32 Å². The predicted molar refractivity (Wildman–Crippen MR) is 126 cm³/mol. The van der Waals surface area contributed by atoms with Crippen LogP contribution in [0, 0.1) is 6.92 Å². The summed E-state index contributed by atoms with van der Waals surface area (Å²) in [5.41, 5.74) is -6.54. The van der Waals surface area contributed by atoms with Crippen molar-refractivity contribution in [3.63, 3.8) is 0 Å². The van der Waals surface area contributed by atoms with Crippen LogP contribution in [0.3, 0.4) is 0 Å². The van der Waals surface area contributed by atoms with E-state index in [0.29, 0.717) is 17.7 Å². The van der Waals surface area contributed by atoms with Crippen LogP contribution in [0.5, 0.6) is 0 Å². The van der Waals surface area contributed by atoms with Gasteiger partial charge in [0.2, 0.25) is 5.91 Å². The third kappa shape index (κ3) is 5.37. The van der Waals surface area contributed by atoms with E-state index < -0.39 is 76.7 Å². The maximum absolute atomic E-state index is 13.7. The van der Waals surface area contributed by atoms with Gasteiger partial charge in [-0.25, -0.2) is 17.2 Å². The number of alkyl halides is 8. The molecule has 0 radical (unpaired) electrons. The molecule has 2 N–H and O–H groups in total. The van der Waals surface area contributed by atoms with E-state index in [0.717, 1.165) is 10.4 Å². The first-order chi connectivity index (χ1) is 18.3. The van der Waals surface area contributed by atoms with Crippen molar-refractivity contribution >= 4 is 21.6 Å². The third-order valence-electron chi connectivity index (χ3n) is 7.09. The maximum Gasteiger partial charge on any atom is 0.430 e. The van der Waals surface area contributed by atoms with Crippen LogP contribution in [-0.2, 0) is 26.8 Å². The summed E-state index contributed by atoms with van der Waals surface area (Å²) in [5.74, 6) is -3.66. The van der Waals surface area contributed by atoms with E-state index >= 15 is 0 Å². The summed E-state index contributed by atoms with van der Waals surface area (Å²) < 4.78 is 135. The molecule has 0 unspecified atom stereocenters. The lowest BCUT2D eigenvalue weighted by Crippen LogP contribution is -2.54. The molecule has 40 heavy (non-hydrogen) atoms. The summed E-state index contributed by atoms with van der Waals surface area (Å²) in [6.45, 7) is 1.69. The van der Waals surface area contributed by atoms with Gasteiger partial charge < -0.3 is 10.4 Å². The zero-order valence-electron chi connectivity index (χ0n) is 20.8. The lowest BCUT2D eigenvalue weighted by Gasteiger charge is -2.40. The number of aliphatic hydroxyl groups is 1. The van der Waals surface area contributed by atoms with Gasteiger partial charge in [0.05, 0.1) is 16.6 Å². The van der Waals surface area contributed by atoms with Gasteiger partial charge in [-0.15, -0.1) is 0 Å². The molecule has 2 aliphatic rings. The molecular formula is C25H24F8N2O4S. The van der Waals surface area contributed by atoms with Gasteiger partial charge in [0, 0.05) is 30.9 Å². The van der Waals surface area contributed by atoms with Crippen LogP contribution in [-0.4, -0.2) is 49.8 Å². The van der Waals surface area contributed by atoms with E-state index in [4.69, 9.17) is 0 Å². The number of benzene rings is 2. The van der Waals surface area contributed by atoms with Crippen LogP contribution in [0.1, 0.15) is 42.4 Å². The van der Waals surface area contributed by atoms with E-state index in [1.54, 1.807) is 6.92 Å². The first-order valence-electron chi connectivity index (χ1n) is 12.0. The fourth-order valence-electron chi connectivity index (χ4n) is 4.95. The van der Waals surface area contributed by atoms with Crippen LogP contribution in [0.25, 0.3) is 0 Å². The van der Waals surface area contributed by atoms with Crippen LogP contribution in [0.4, 0.5) is 40.8 Å². The van der Waals surface area contributed by atoms with Crippen molar-refractivity contribution in [3.8, 4) is 0 Å². The quantitative estimate of drug-likeness (QED) is 0.451. The molecule has 2 aromatic rings. The smallest absolute Gasteiger partial charge is 0.369 e. The number of halogens is 8. The molecule has 1 heterocycles. The molecule has 0 aromatic heterocycles. The molecule has 1 atom stereocenters. The highest BCUT2D eigenvalue weighted by Gasteiger charge is 2.71. The molecule has 0 saturated heterocycles. The van der Waals surface area contributed by atoms with Gasteiger partial charge >= 0.3 is 12.4 Å². The number of fused-ring (bicyclic) bond motifs is 1. The van der Waals surface area contributed by atoms with Gasteiger partial charge in [-0.05, 0) is 43.5 Å². The Morgan fingerprint density at radius 2 is 1.60 bits per heavy atom. The SMILES string of the molecule is Cc1ccc(S(=O)(=O)N2c3ccc(C(O)(C(F)(F)F)C(F)(F)F)cc3CC[C@H]2CC(=O)NC2CC(F)(F)C2)cc1. The van der Waals surface area contributed by atoms with E-state index in [1.165, 1.54) is 24.3 Å². The standard InChI is InChI=1S/C25H24F8N2O4S/c1-14-2-7-19(8-3-14)40(38,39)35-18(11-21(36)34-17-12-22(26,27)13-17)6-4-15-10-16(5-9-20(15)35)23(37,24(28,29)30)25(31,32)33/h2-3,5,7-10,17-18,37H,4,6,11-13H2,1H3,(H,34,36)/t18-/m0/s1. The maximum atomic E-state index is 13.7. The van der Waals surface area contributed by atoms with Crippen LogP contribution >= 0.6 is 0 Å². The van der Waals surface area contributed by atoms with Gasteiger partial charge in [0.1, 0.15) is 0 Å². The number of nitrogens with one attached hydrogen (secondary N) is 1. The highest BCUT2D eigenvalue weighted by molar-refractivity contribution is 7.92. The van der Waals surface area contributed by atoms with Crippen molar-refractivity contribution < 1.29 is 53.4 Å². The number of sulfonamides is 1. The fraction of sp³-hybridized carbons (Fsp3) is 0.480. The van der Waals surface area contributed by atoms with Gasteiger partial charge in [-0.3, -0.25) is 9.10 Å². The third-order valence-corrected chi connectivity index (χ3v) is 8.97. The van der Waals surface area contributed by atoms with Crippen LogP contribution in [0.15, 0.2) is 47.4 Å². The monoisotopic (exact) mass is 600 g/mol. The number of rotatable bonds is 6. The molecule has 1 fully saturated rings. The van der Waals surface area contributed by atoms with Gasteiger partial charge in [-0.2, -0.15) is 26.3 Å². The Labute approximate surface area is 224 Å². The first kappa shape index (κ1) is 30.0. The molecule has 0 spiro atoms. The summed E-state index contributed by atoms with van der Waals surface area (Å²) in [4.78, 5) is 12.4. The zero-order valence-corrected chi connectivity index (χ0v) is 21.6. The minimum absolute atomic E-state index is 0.188. The number of anilines is 1. The number of carbonyl (C=O) groups excluding carboxylic acids is 1. The van der Waals surface area contributed by atoms with Crippen molar-refractivity contribution in [1.29, 1.82) is 0 Å². The zero-order chi connectivity index (χ0) is 29.9. The summed E-state index contributed by atoms with van der Waals surface area (Å²) in [5, 5.41) is 12.2. The largest absolute Gasteiger partial charge is 0.430 e. The second kappa shape index (κ2) is 9.86. The molecule has 1 aliphatic carbocycles. The average Bonchev–Trinajstić information content (AvgIpc) is 2.80. The van der Waals surface area contributed by atoms with Gasteiger partial charge in [0.25, 0.3) is 21.5 Å². The Morgan fingerprint density at radius 1 is 1.02 bits per heavy atom. The Bertz CT molecular complexity index is 1370. The topological polar surface area (TPSA) is 86.7 Å². The summed E-state index contributed by atoms with van der Waals surface area (Å²) >= 11 is 0. The lowest BCUT2D eigenvalue weighted by molar-refractivity contribution is -0.376. The molecule has 6 nitrogen and oxygen atoms in total. The second-order valence-corrected chi connectivity index (χ2v) is 11.9. The summed E-state index contributed by atoms with van der Waals surface area (Å²) in [7, 11) is -4.50. The molecule has 15 heteroatoms. The molecular weight excluding hydrogens is 576 g/mol.